The van der Waals surface area contributed by atoms with Gasteiger partial charge < -0.3 is 61.2 Å². The summed E-state index contributed by atoms with van der Waals surface area (Å²) in [5, 5.41) is 59.2. The maximum atomic E-state index is 12.8. The maximum Gasteiger partial charge on any atom is 1.00 e. The number of hydrogen-bond donors (Lipinski definition) is 0. The van der Waals surface area contributed by atoms with Gasteiger partial charge in [0.25, 0.3) is 22.6 Å². The standard InChI is InChI=1S/C44H18N20O6.4K/c1-47-19-6-10-56-27-30(59(42(19)56)15-22(67)68)39-52-36-28-31(60(16-23(69)70)43-20(48-2)7-11-57(28)43)38-51-34-26-29(58(14-21(65)66)41-18(13-46)5-9-55(26)41)37-50-33-25-24(53(3)40-17(12-45)4-8-54(25)40)32-49-35(27)63(39)44(61(32)33,62(34)37)64(36)38;;;;/h4-11H,3,14-16H2,(H2-,65,66,67,68,69,70);;;;/q;4*+1/p-2/t44-;;;;/m0..../s1. The van der Waals surface area contributed by atoms with Gasteiger partial charge in [-0.25, -0.2) is 14.3 Å². The van der Waals surface area contributed by atoms with E-state index in [9.17, 15) is 40.2 Å². The van der Waals surface area contributed by atoms with Gasteiger partial charge in [0.15, 0.2) is 27.6 Å². The minimum Gasteiger partial charge on any atom is -0.548 e. The van der Waals surface area contributed by atoms with E-state index in [2.05, 4.69) is 28.9 Å². The summed E-state index contributed by atoms with van der Waals surface area (Å²) in [4.78, 5) is 67.5. The third kappa shape index (κ3) is 5.37. The number of carboxylic acids is 3. The topological polar surface area (TPSA) is 281 Å². The van der Waals surface area contributed by atoms with Crippen molar-refractivity contribution >= 4 is 119 Å². The fraction of sp³-hybridized carbons (Fsp3) is 0.0909. The molecule has 0 aliphatic carbocycles. The Bertz CT molecular complexity index is 5250. The van der Waals surface area contributed by atoms with Gasteiger partial charge in [-0.15, -0.1) is 16.2 Å². The fourth-order valence-corrected chi connectivity index (χ4v) is 12.0. The van der Waals surface area contributed by atoms with Crippen molar-refractivity contribution in [1.82, 2.24) is 45.0 Å². The smallest absolute Gasteiger partial charge is 0.548 e. The van der Waals surface area contributed by atoms with E-state index >= 15 is 0 Å². The molecule has 26 nitrogen and oxygen atoms in total. The summed E-state index contributed by atoms with van der Waals surface area (Å²) < 4.78 is 19.6. The Morgan fingerprint density at radius 1 is 0.568 bits per heavy atom. The Labute approximate surface area is 578 Å². The second-order valence-corrected chi connectivity index (χ2v) is 17.2. The van der Waals surface area contributed by atoms with Crippen LogP contribution in [0.25, 0.3) is 76.4 Å². The minimum atomic E-state index is -1.92. The third-order valence-corrected chi connectivity index (χ3v) is 14.1. The van der Waals surface area contributed by atoms with Crippen molar-refractivity contribution in [1.29, 1.82) is 10.5 Å². The largest absolute Gasteiger partial charge is 1.00 e. The molecule has 74 heavy (non-hydrogen) atoms. The van der Waals surface area contributed by atoms with Gasteiger partial charge in [0.1, 0.15) is 34.0 Å². The number of carboxylic acid groups (broad SMARTS) is 3. The van der Waals surface area contributed by atoms with Crippen LogP contribution in [0.3, 0.4) is 0 Å². The summed E-state index contributed by atoms with van der Waals surface area (Å²) in [5.41, 5.74) is 4.65. The molecule has 4 aliphatic heterocycles. The average molecular weight is 1080 g/mol. The van der Waals surface area contributed by atoms with Crippen molar-refractivity contribution in [3.05, 3.63) is 112 Å². The van der Waals surface area contributed by atoms with E-state index in [1.54, 1.807) is 72.8 Å². The molecule has 1 spiro atoms. The molecular weight excluding hydrogens is 1060 g/mol. The second kappa shape index (κ2) is 16.5. The first-order chi connectivity index (χ1) is 34.0. The molecule has 0 N–H and O–H groups in total. The van der Waals surface area contributed by atoms with Crippen LogP contribution in [0.1, 0.15) is 11.1 Å². The number of fused-ring (bicyclic) bond motifs is 20. The van der Waals surface area contributed by atoms with Crippen molar-refractivity contribution in [2.24, 2.45) is 20.0 Å². The first-order valence-electron chi connectivity index (χ1n) is 21.0. The molecular formula is C44H16K4N20O6+2. The molecule has 0 radical (unpaired) electrons. The molecule has 12 aromatic heterocycles. The van der Waals surface area contributed by atoms with Gasteiger partial charge in [-0.2, -0.15) is 15.1 Å². The number of nitriles is 2. The van der Waals surface area contributed by atoms with Crippen LogP contribution in [0, 0.1) is 42.9 Å². The van der Waals surface area contributed by atoms with Crippen molar-refractivity contribution in [2.45, 2.75) is 25.5 Å². The first kappa shape index (κ1) is 50.3. The van der Waals surface area contributed by atoms with Crippen LogP contribution >= 0.6 is 0 Å². The number of aliphatic carboxylic acids is 3. The Morgan fingerprint density at radius 2 is 1.01 bits per heavy atom. The molecule has 0 amide bonds. The Morgan fingerprint density at radius 3 is 1.57 bits per heavy atom. The van der Waals surface area contributed by atoms with Crippen molar-refractivity contribution < 1.29 is 244 Å². The van der Waals surface area contributed by atoms with Crippen molar-refractivity contribution in [2.75, 3.05) is 0 Å². The van der Waals surface area contributed by atoms with E-state index in [1.807, 2.05) is 4.57 Å². The van der Waals surface area contributed by atoms with Crippen LogP contribution < -0.4 is 252 Å². The number of carbonyl (C=O) groups is 3. The van der Waals surface area contributed by atoms with Gasteiger partial charge in [-0.3, -0.25) is 4.40 Å². The summed E-state index contributed by atoms with van der Waals surface area (Å²) in [5.74, 6) is -5.78. The number of nitrogens with zero attached hydrogens (tertiary/aromatic N) is 20. The normalized spacial score (nSPS) is 14.8. The van der Waals surface area contributed by atoms with Gasteiger partial charge in [0, 0.05) is 22.9 Å². The predicted molar refractivity (Wildman–Crippen MR) is 224 cm³/mol. The Kier molecular flexibility index (Phi) is 11.2. The van der Waals surface area contributed by atoms with E-state index in [-0.39, 0.29) is 312 Å². The second-order valence-electron chi connectivity index (χ2n) is 17.2. The van der Waals surface area contributed by atoms with E-state index in [0.717, 1.165) is 0 Å². The van der Waals surface area contributed by atoms with Crippen LogP contribution in [0.4, 0.5) is 34.6 Å². The fourth-order valence-electron chi connectivity index (χ4n) is 12.0. The predicted octanol–water partition coefficient (Wildman–Crippen LogP) is -14.8. The molecule has 16 rings (SSSR count). The number of aromatic nitrogens is 12. The molecule has 12 aromatic rings. The van der Waals surface area contributed by atoms with Crippen LogP contribution in [0.2, 0.25) is 0 Å². The van der Waals surface area contributed by atoms with Gasteiger partial charge in [-0.1, -0.05) is 20.0 Å². The average Bonchev–Trinajstić information content (AvgIpc) is 4.18. The van der Waals surface area contributed by atoms with Gasteiger partial charge >= 0.3 is 211 Å². The summed E-state index contributed by atoms with van der Waals surface area (Å²) in [6.07, 6.45) is 6.53. The molecule has 0 saturated carbocycles. The summed E-state index contributed by atoms with van der Waals surface area (Å²) in [6.45, 7) is 14.0. The monoisotopic (exact) mass is 1080 g/mol. The molecule has 330 valence electrons. The SMILES string of the molecule is [C-]#[N+]c1ccn2c3c4n5c(c3n(CC(=O)[O-])c12)N=c1c2c(c3[n+]1[C@]51n5c(c6c(c5=N3)n3ccc(C#N)c3n6[CH2-])=Nc3c5c(c([n+]31)=N4)n(CC(=O)[O-])c1c([N+]#[C-])ccn51)n(CC(=O)[O-])c1c(C#N)ccn21.[K+].[K+].[K+].[K+]. The third-order valence-electron chi connectivity index (χ3n) is 14.1. The Balaban J connectivity index is 0.00000139. The molecule has 1 atom stereocenters. The number of carbonyl (C=O) groups excluding carboxylic acids is 3. The first-order valence-corrected chi connectivity index (χ1v) is 21.0. The van der Waals surface area contributed by atoms with Crippen LogP contribution in [-0.4, -0.2) is 62.9 Å². The minimum absolute atomic E-state index is 0. The molecule has 0 aromatic carbocycles. The summed E-state index contributed by atoms with van der Waals surface area (Å²) >= 11 is 0. The maximum absolute atomic E-state index is 12.8. The van der Waals surface area contributed by atoms with Crippen molar-refractivity contribution in [3.8, 4) is 12.1 Å². The van der Waals surface area contributed by atoms with Gasteiger partial charge in [0.2, 0.25) is 28.5 Å². The summed E-state index contributed by atoms with van der Waals surface area (Å²) in [7, 11) is 4.42. The zero-order valence-electron chi connectivity index (χ0n) is 38.8. The van der Waals surface area contributed by atoms with E-state index in [0.29, 0.717) is 27.7 Å². The zero-order valence-corrected chi connectivity index (χ0v) is 51.3. The van der Waals surface area contributed by atoms with Crippen LogP contribution in [0.5, 0.6) is 0 Å². The Hall–Kier alpha value is -4.57. The molecule has 0 saturated heterocycles. The summed E-state index contributed by atoms with van der Waals surface area (Å²) in [6, 6.07) is 10.6. The molecule has 16 heterocycles. The number of imidazole rings is 4. The zero-order chi connectivity index (χ0) is 47.5. The quantitative estimate of drug-likeness (QED) is 0.0874. The van der Waals surface area contributed by atoms with Crippen LogP contribution in [-0.2, 0) is 39.9 Å². The van der Waals surface area contributed by atoms with Crippen molar-refractivity contribution in [3.63, 3.8) is 0 Å². The molecule has 0 unspecified atom stereocenters. The van der Waals surface area contributed by atoms with E-state index in [4.69, 9.17) is 33.1 Å². The molecule has 30 heteroatoms. The molecule has 0 bridgehead atoms. The molecule has 0 fully saturated rings. The molecule has 4 aliphatic rings. The van der Waals surface area contributed by atoms with Crippen LogP contribution in [0.15, 0.2) is 69.0 Å². The number of hydrogen-bond acceptors (Lipinski definition) is 12. The van der Waals surface area contributed by atoms with E-state index < -0.39 is 43.5 Å². The number of rotatable bonds is 6. The van der Waals surface area contributed by atoms with E-state index in [1.165, 1.54) is 25.8 Å². The van der Waals surface area contributed by atoms with Gasteiger partial charge in [-0.05, 0) is 42.9 Å². The van der Waals surface area contributed by atoms with Gasteiger partial charge in [0.05, 0.1) is 67.8 Å².